The summed E-state index contributed by atoms with van der Waals surface area (Å²) in [6, 6.07) is 14.7. The van der Waals surface area contributed by atoms with Crippen molar-refractivity contribution in [2.45, 2.75) is 18.9 Å². The Morgan fingerprint density at radius 1 is 0.905 bits per heavy atom. The van der Waals surface area contributed by atoms with Crippen molar-refractivity contribution in [1.82, 2.24) is 9.80 Å². The highest BCUT2D eigenvalue weighted by Crippen LogP contribution is 2.24. The molecule has 3 heteroatoms. The maximum atomic E-state index is 12.9. The molecule has 1 amide bonds. The van der Waals surface area contributed by atoms with Crippen LogP contribution in [0.3, 0.4) is 0 Å². The van der Waals surface area contributed by atoms with Crippen LogP contribution >= 0.6 is 0 Å². The van der Waals surface area contributed by atoms with Crippen LogP contribution in [0.15, 0.2) is 42.5 Å². The van der Waals surface area contributed by atoms with E-state index in [9.17, 15) is 4.79 Å². The van der Waals surface area contributed by atoms with E-state index in [0.717, 1.165) is 50.0 Å². The van der Waals surface area contributed by atoms with E-state index in [1.807, 2.05) is 24.3 Å². The van der Waals surface area contributed by atoms with Crippen LogP contribution in [0, 0.1) is 0 Å². The summed E-state index contributed by atoms with van der Waals surface area (Å²) in [4.78, 5) is 17.5. The molecular formula is C18H20N2O. The first-order valence-corrected chi connectivity index (χ1v) is 7.83. The molecular weight excluding hydrogens is 260 g/mol. The Labute approximate surface area is 125 Å². The first kappa shape index (κ1) is 12.8. The number of benzene rings is 2. The molecule has 3 fully saturated rings. The van der Waals surface area contributed by atoms with E-state index in [2.05, 4.69) is 28.0 Å². The minimum atomic E-state index is 0.203. The predicted octanol–water partition coefficient (Wildman–Crippen LogP) is 2.76. The summed E-state index contributed by atoms with van der Waals surface area (Å²) in [6.45, 7) is 4.19. The lowest BCUT2D eigenvalue weighted by Gasteiger charge is -2.31. The van der Waals surface area contributed by atoms with Crippen molar-refractivity contribution in [3.05, 3.63) is 48.0 Å². The molecule has 0 aliphatic carbocycles. The largest absolute Gasteiger partial charge is 0.334 e. The molecule has 2 aromatic rings. The number of hydrogen-bond donors (Lipinski definition) is 0. The molecule has 0 N–H and O–H groups in total. The van der Waals surface area contributed by atoms with Crippen molar-refractivity contribution >= 4 is 16.7 Å². The number of hydrogen-bond acceptors (Lipinski definition) is 2. The van der Waals surface area contributed by atoms with Gasteiger partial charge >= 0.3 is 0 Å². The Hall–Kier alpha value is -1.87. The Kier molecular flexibility index (Phi) is 3.15. The van der Waals surface area contributed by atoms with Crippen molar-refractivity contribution in [1.29, 1.82) is 0 Å². The van der Waals surface area contributed by atoms with E-state index in [0.29, 0.717) is 6.04 Å². The molecule has 2 bridgehead atoms. The van der Waals surface area contributed by atoms with Crippen LogP contribution < -0.4 is 0 Å². The highest BCUT2D eigenvalue weighted by molar-refractivity contribution is 5.98. The van der Waals surface area contributed by atoms with Crippen molar-refractivity contribution < 1.29 is 4.79 Å². The van der Waals surface area contributed by atoms with Gasteiger partial charge in [-0.15, -0.1) is 0 Å². The van der Waals surface area contributed by atoms with E-state index >= 15 is 0 Å². The van der Waals surface area contributed by atoms with E-state index in [4.69, 9.17) is 0 Å². The zero-order valence-electron chi connectivity index (χ0n) is 12.2. The van der Waals surface area contributed by atoms with Gasteiger partial charge in [-0.05, 0) is 35.7 Å². The zero-order valence-corrected chi connectivity index (χ0v) is 12.2. The quantitative estimate of drug-likeness (QED) is 0.802. The molecule has 3 heterocycles. The van der Waals surface area contributed by atoms with Gasteiger partial charge in [0.15, 0.2) is 0 Å². The van der Waals surface area contributed by atoms with E-state index in [1.165, 1.54) is 5.39 Å². The molecule has 21 heavy (non-hydrogen) atoms. The fourth-order valence-electron chi connectivity index (χ4n) is 3.64. The van der Waals surface area contributed by atoms with Gasteiger partial charge in [-0.3, -0.25) is 4.79 Å². The highest BCUT2D eigenvalue weighted by Gasteiger charge is 2.32. The fraction of sp³-hybridized carbons (Fsp3) is 0.389. The fourth-order valence-corrected chi connectivity index (χ4v) is 3.64. The number of piperidine rings is 1. The smallest absolute Gasteiger partial charge is 0.254 e. The van der Waals surface area contributed by atoms with Gasteiger partial charge in [0.25, 0.3) is 5.91 Å². The van der Waals surface area contributed by atoms with Gasteiger partial charge in [0, 0.05) is 37.8 Å². The number of carbonyl (C=O) groups is 1. The van der Waals surface area contributed by atoms with Gasteiger partial charge in [0.05, 0.1) is 0 Å². The van der Waals surface area contributed by atoms with E-state index in [1.54, 1.807) is 0 Å². The van der Waals surface area contributed by atoms with Gasteiger partial charge in [-0.2, -0.15) is 0 Å². The lowest BCUT2D eigenvalue weighted by Crippen LogP contribution is -2.41. The van der Waals surface area contributed by atoms with Crippen LogP contribution in [0.1, 0.15) is 23.2 Å². The summed E-state index contributed by atoms with van der Waals surface area (Å²) < 4.78 is 0. The van der Waals surface area contributed by atoms with Crippen molar-refractivity contribution in [2.24, 2.45) is 0 Å². The average Bonchev–Trinajstić information content (AvgIpc) is 2.87. The normalized spacial score (nSPS) is 25.0. The Balaban J connectivity index is 1.66. The third-order valence-corrected chi connectivity index (χ3v) is 4.91. The second-order valence-corrected chi connectivity index (χ2v) is 6.13. The molecule has 0 saturated carbocycles. The van der Waals surface area contributed by atoms with E-state index < -0.39 is 0 Å². The molecule has 0 spiro atoms. The highest BCUT2D eigenvalue weighted by atomic mass is 16.2. The number of rotatable bonds is 1. The van der Waals surface area contributed by atoms with Gasteiger partial charge in [0.2, 0.25) is 0 Å². The molecule has 0 radical (unpaired) electrons. The number of amides is 1. The van der Waals surface area contributed by atoms with Crippen LogP contribution in [0.25, 0.3) is 10.8 Å². The second-order valence-electron chi connectivity index (χ2n) is 6.13. The Morgan fingerprint density at radius 3 is 2.48 bits per heavy atom. The molecule has 3 aliphatic rings. The molecule has 3 saturated heterocycles. The minimum absolute atomic E-state index is 0.203. The summed E-state index contributed by atoms with van der Waals surface area (Å²) in [5.41, 5.74) is 0.828. The lowest BCUT2D eigenvalue weighted by molar-refractivity contribution is 0.0685. The van der Waals surface area contributed by atoms with Crippen LogP contribution in [0.5, 0.6) is 0 Å². The van der Waals surface area contributed by atoms with Crippen molar-refractivity contribution in [3.8, 4) is 0 Å². The van der Waals surface area contributed by atoms with Gasteiger partial charge in [-0.25, -0.2) is 0 Å². The first-order valence-electron chi connectivity index (χ1n) is 7.83. The topological polar surface area (TPSA) is 23.6 Å². The zero-order chi connectivity index (χ0) is 14.2. The Bertz CT molecular complexity index is 674. The van der Waals surface area contributed by atoms with Gasteiger partial charge in [-0.1, -0.05) is 30.3 Å². The van der Waals surface area contributed by atoms with Crippen molar-refractivity contribution in [2.75, 3.05) is 26.2 Å². The molecule has 2 aromatic carbocycles. The molecule has 108 valence electrons. The Morgan fingerprint density at radius 2 is 1.67 bits per heavy atom. The van der Waals surface area contributed by atoms with Crippen LogP contribution in [-0.4, -0.2) is 47.9 Å². The first-order chi connectivity index (χ1) is 10.3. The monoisotopic (exact) mass is 280 g/mol. The number of nitrogens with zero attached hydrogens (tertiary/aromatic N) is 2. The molecule has 3 nitrogen and oxygen atoms in total. The predicted molar refractivity (Wildman–Crippen MR) is 84.4 cm³/mol. The maximum Gasteiger partial charge on any atom is 0.254 e. The van der Waals surface area contributed by atoms with Crippen molar-refractivity contribution in [3.63, 3.8) is 0 Å². The maximum absolute atomic E-state index is 12.9. The second kappa shape index (κ2) is 5.15. The summed E-state index contributed by atoms with van der Waals surface area (Å²) >= 11 is 0. The number of fused-ring (bicyclic) bond motifs is 5. The van der Waals surface area contributed by atoms with Crippen LogP contribution in [0.2, 0.25) is 0 Å². The third-order valence-electron chi connectivity index (χ3n) is 4.91. The van der Waals surface area contributed by atoms with Gasteiger partial charge < -0.3 is 9.80 Å². The standard InChI is InChI=1S/C18H20N2O/c21-18(20-12-11-19-9-7-17(20)8-10-19)16-6-5-14-3-1-2-4-15(14)13-16/h1-6,13,17H,7-12H2. The molecule has 5 rings (SSSR count). The number of carbonyl (C=O) groups excluding carboxylic acids is 1. The van der Waals surface area contributed by atoms with Crippen LogP contribution in [0.4, 0.5) is 0 Å². The van der Waals surface area contributed by atoms with E-state index in [-0.39, 0.29) is 5.91 Å². The summed E-state index contributed by atoms with van der Waals surface area (Å²) in [6.07, 6.45) is 2.25. The summed E-state index contributed by atoms with van der Waals surface area (Å²) in [7, 11) is 0. The SMILES string of the molecule is O=C(c1ccc2ccccc2c1)N1CCN2CCC1CC2. The molecule has 0 atom stereocenters. The van der Waals surface area contributed by atoms with Crippen LogP contribution in [-0.2, 0) is 0 Å². The average molecular weight is 280 g/mol. The molecule has 0 unspecified atom stereocenters. The molecule has 0 aromatic heterocycles. The summed E-state index contributed by atoms with van der Waals surface area (Å²) in [5.74, 6) is 0.203. The third kappa shape index (κ3) is 2.32. The molecule has 3 aliphatic heterocycles. The lowest BCUT2D eigenvalue weighted by atomic mass is 10.0. The summed E-state index contributed by atoms with van der Waals surface area (Å²) in [5, 5.41) is 2.34. The van der Waals surface area contributed by atoms with Gasteiger partial charge in [0.1, 0.15) is 0 Å². The minimum Gasteiger partial charge on any atom is -0.334 e.